The van der Waals surface area contributed by atoms with Crippen LogP contribution < -0.4 is 5.32 Å². The summed E-state index contributed by atoms with van der Waals surface area (Å²) < 4.78 is 25.7. The van der Waals surface area contributed by atoms with E-state index < -0.39 is 23.4 Å². The molecule has 1 unspecified atom stereocenters. The number of nitrogens with one attached hydrogen (secondary N) is 1. The fourth-order valence-corrected chi connectivity index (χ4v) is 6.23. The number of halogens is 1. The normalized spacial score (nSPS) is 21.1. The van der Waals surface area contributed by atoms with Gasteiger partial charge in [-0.25, -0.2) is 14.2 Å². The number of carbonyl (C=O) groups excluding carboxylic acids is 1. The molecule has 43 heavy (non-hydrogen) atoms. The average Bonchev–Trinajstić information content (AvgIpc) is 3.51. The molecule has 0 aliphatic carbocycles. The van der Waals surface area contributed by atoms with Gasteiger partial charge in [0.05, 0.1) is 23.6 Å². The van der Waals surface area contributed by atoms with E-state index in [1.54, 1.807) is 46.8 Å². The first-order valence-electron chi connectivity index (χ1n) is 14.3. The van der Waals surface area contributed by atoms with Crippen LogP contribution in [0.25, 0.3) is 0 Å². The smallest absolute Gasteiger partial charge is 0.338 e. The predicted molar refractivity (Wildman–Crippen MR) is 161 cm³/mol. The van der Waals surface area contributed by atoms with E-state index in [0.29, 0.717) is 84.1 Å². The first-order chi connectivity index (χ1) is 20.4. The van der Waals surface area contributed by atoms with Crippen LogP contribution >= 0.6 is 12.2 Å². The zero-order valence-corrected chi connectivity index (χ0v) is 25.8. The van der Waals surface area contributed by atoms with E-state index in [0.717, 1.165) is 0 Å². The maximum Gasteiger partial charge on any atom is 0.338 e. The Morgan fingerprint density at radius 2 is 2.02 bits per heavy atom. The maximum atomic E-state index is 14.8. The van der Waals surface area contributed by atoms with Gasteiger partial charge in [0.25, 0.3) is 0 Å². The lowest BCUT2D eigenvalue weighted by Crippen LogP contribution is -2.53. The van der Waals surface area contributed by atoms with Gasteiger partial charge in [0.15, 0.2) is 17.3 Å². The molecule has 2 fully saturated rings. The molecular weight excluding hydrogens is 575 g/mol. The summed E-state index contributed by atoms with van der Waals surface area (Å²) in [6.07, 6.45) is 1.33. The maximum absolute atomic E-state index is 14.8. The Hall–Kier alpha value is -3.84. The van der Waals surface area contributed by atoms with Crippen molar-refractivity contribution in [2.75, 3.05) is 45.9 Å². The Bertz CT molecular complexity index is 1500. The Labute approximate surface area is 255 Å². The van der Waals surface area contributed by atoms with Gasteiger partial charge in [-0.15, -0.1) is 0 Å². The Morgan fingerprint density at radius 3 is 2.70 bits per heavy atom. The monoisotopic (exact) mass is 612 g/mol. The number of aryl methyl sites for hydroxylation is 1. The highest BCUT2D eigenvalue weighted by molar-refractivity contribution is 7.80. The number of aliphatic imine (C=N–C) groups is 1. The highest BCUT2D eigenvalue weighted by Gasteiger charge is 2.42. The number of aliphatic carboxylic acids is 1. The zero-order valence-electron chi connectivity index (χ0n) is 25.0. The molecule has 0 spiro atoms. The van der Waals surface area contributed by atoms with Crippen LogP contribution in [0.4, 0.5) is 4.39 Å². The number of carbonyl (C=O) groups is 2. The largest absolute Gasteiger partial charge is 0.481 e. The third-order valence-corrected chi connectivity index (χ3v) is 8.75. The van der Waals surface area contributed by atoms with Gasteiger partial charge in [-0.1, -0.05) is 12.1 Å². The topological polar surface area (TPSA) is 124 Å². The summed E-state index contributed by atoms with van der Waals surface area (Å²) in [5.41, 5.74) is 1.42. The number of aromatic nitrogens is 1. The summed E-state index contributed by atoms with van der Waals surface area (Å²) in [4.78, 5) is 40.8. The lowest BCUT2D eigenvalue weighted by atomic mass is 9.91. The van der Waals surface area contributed by atoms with Crippen molar-refractivity contribution in [1.82, 2.24) is 25.0 Å². The van der Waals surface area contributed by atoms with Crippen molar-refractivity contribution < 1.29 is 28.2 Å². The number of thiocarbonyl (C=S) groups is 1. The molecule has 11 nitrogen and oxygen atoms in total. The van der Waals surface area contributed by atoms with Crippen LogP contribution in [0.15, 0.2) is 45.3 Å². The summed E-state index contributed by atoms with van der Waals surface area (Å²) in [7, 11) is 0. The second-order valence-electron chi connectivity index (χ2n) is 11.8. The number of benzene rings is 1. The molecule has 0 amide bonds. The van der Waals surface area contributed by atoms with Crippen LogP contribution in [-0.4, -0.2) is 99.6 Å². The molecule has 1 aromatic heterocycles. The number of oxazole rings is 1. The molecule has 1 aromatic carbocycles. The zero-order chi connectivity index (χ0) is 31.1. The molecular formula is C30H37FN6O5S. The predicted octanol–water partition coefficient (Wildman–Crippen LogP) is 3.04. The van der Waals surface area contributed by atoms with Gasteiger partial charge in [-0.05, 0) is 64.0 Å². The number of rotatable bonds is 9. The van der Waals surface area contributed by atoms with Crippen LogP contribution in [0.2, 0.25) is 0 Å². The first-order valence-corrected chi connectivity index (χ1v) is 14.7. The Balaban J connectivity index is 1.47. The number of carboxylic acids is 1. The SMILES string of the molecule is CCOC(=O)C1=C(CN2CCN3C(=S)N(CC(C)(C)C(=O)O)C[C@@H]3C2)NC(c2ncoc2C)=NC1c1cccc(F)c1C. The van der Waals surface area contributed by atoms with E-state index in [9.17, 15) is 19.1 Å². The molecule has 3 aliphatic heterocycles. The molecule has 4 heterocycles. The minimum absolute atomic E-state index is 0.0632. The van der Waals surface area contributed by atoms with Crippen molar-refractivity contribution in [3.8, 4) is 0 Å². The van der Waals surface area contributed by atoms with E-state index in [1.807, 2.05) is 4.90 Å². The van der Waals surface area contributed by atoms with E-state index >= 15 is 0 Å². The fourth-order valence-electron chi connectivity index (χ4n) is 5.85. The highest BCUT2D eigenvalue weighted by Crippen LogP contribution is 2.36. The van der Waals surface area contributed by atoms with Gasteiger partial charge in [-0.3, -0.25) is 14.7 Å². The van der Waals surface area contributed by atoms with Crippen molar-refractivity contribution in [2.45, 2.75) is 46.7 Å². The lowest BCUT2D eigenvalue weighted by Gasteiger charge is -2.39. The molecule has 3 aliphatic rings. The first kappa shape index (κ1) is 30.6. The number of hydrogen-bond donors (Lipinski definition) is 2. The van der Waals surface area contributed by atoms with Crippen molar-refractivity contribution >= 4 is 35.1 Å². The number of ether oxygens (including phenoxy) is 1. The quantitative estimate of drug-likeness (QED) is 0.321. The van der Waals surface area contributed by atoms with E-state index in [-0.39, 0.29) is 18.5 Å². The number of carboxylic acid groups (broad SMARTS) is 1. The summed E-state index contributed by atoms with van der Waals surface area (Å²) in [5.74, 6) is -0.810. The average molecular weight is 613 g/mol. The number of fused-ring (bicyclic) bond motifs is 1. The molecule has 2 aromatic rings. The second-order valence-corrected chi connectivity index (χ2v) is 12.1. The third-order valence-electron chi connectivity index (χ3n) is 8.26. The number of nitrogens with zero attached hydrogens (tertiary/aromatic N) is 5. The van der Waals surface area contributed by atoms with Crippen molar-refractivity contribution in [1.29, 1.82) is 0 Å². The number of hydrogen-bond acceptors (Lipinski definition) is 9. The molecule has 230 valence electrons. The van der Waals surface area contributed by atoms with Crippen molar-refractivity contribution in [2.24, 2.45) is 10.4 Å². The summed E-state index contributed by atoms with van der Waals surface area (Å²) >= 11 is 5.74. The summed E-state index contributed by atoms with van der Waals surface area (Å²) in [6.45, 7) is 12.0. The van der Waals surface area contributed by atoms with Gasteiger partial charge < -0.3 is 29.4 Å². The lowest BCUT2D eigenvalue weighted by molar-refractivity contribution is -0.147. The second kappa shape index (κ2) is 12.0. The summed E-state index contributed by atoms with van der Waals surface area (Å²) in [5, 5.41) is 13.6. The molecule has 0 saturated carbocycles. The molecule has 5 rings (SSSR count). The van der Waals surface area contributed by atoms with E-state index in [4.69, 9.17) is 26.4 Å². The number of esters is 1. The minimum Gasteiger partial charge on any atom is -0.481 e. The van der Waals surface area contributed by atoms with Crippen LogP contribution in [0.3, 0.4) is 0 Å². The minimum atomic E-state index is -0.942. The van der Waals surface area contributed by atoms with Crippen molar-refractivity contribution in [3.05, 3.63) is 64.3 Å². The Kier molecular flexibility index (Phi) is 8.57. The van der Waals surface area contributed by atoms with Crippen LogP contribution in [0.5, 0.6) is 0 Å². The molecule has 13 heteroatoms. The molecule has 2 N–H and O–H groups in total. The van der Waals surface area contributed by atoms with Gasteiger partial charge >= 0.3 is 11.9 Å². The van der Waals surface area contributed by atoms with Gasteiger partial charge in [0.2, 0.25) is 0 Å². The van der Waals surface area contributed by atoms with Crippen LogP contribution in [-0.2, 0) is 14.3 Å². The Morgan fingerprint density at radius 1 is 1.26 bits per heavy atom. The molecule has 2 atom stereocenters. The molecule has 0 bridgehead atoms. The van der Waals surface area contributed by atoms with Crippen LogP contribution in [0, 0.1) is 25.1 Å². The van der Waals surface area contributed by atoms with Gasteiger partial charge in [0, 0.05) is 45.0 Å². The van der Waals surface area contributed by atoms with Gasteiger partial charge in [-0.2, -0.15) is 0 Å². The standard InChI is InChI=1S/C30H37FN6O5S/c1-6-41-27(38)23-22(14-35-10-11-37-19(12-35)13-36(29(37)43)15-30(4,5)28(39)40)33-26(24-18(3)42-16-32-24)34-25(23)20-8-7-9-21(31)17(20)2/h7-9,16,19,25H,6,10-15H2,1-5H3,(H,33,34)(H,39,40)/t19-,25?/m0/s1. The molecule has 0 radical (unpaired) electrons. The number of piperazine rings is 1. The van der Waals surface area contributed by atoms with Gasteiger partial charge in [0.1, 0.15) is 23.3 Å². The van der Waals surface area contributed by atoms with Crippen LogP contribution in [0.1, 0.15) is 49.4 Å². The van der Waals surface area contributed by atoms with Crippen molar-refractivity contribution in [3.63, 3.8) is 0 Å². The molecule has 2 saturated heterocycles. The fraction of sp³-hybridized carbons (Fsp3) is 0.500. The van der Waals surface area contributed by atoms with E-state index in [1.165, 1.54) is 12.5 Å². The third kappa shape index (κ3) is 6.00. The highest BCUT2D eigenvalue weighted by atomic mass is 32.1. The summed E-state index contributed by atoms with van der Waals surface area (Å²) in [6, 6.07) is 4.00. The van der Waals surface area contributed by atoms with E-state index in [2.05, 4.69) is 20.1 Å². The number of amidine groups is 1.